The van der Waals surface area contributed by atoms with E-state index in [0.717, 1.165) is 42.4 Å². The van der Waals surface area contributed by atoms with Gasteiger partial charge in [-0.05, 0) is 30.5 Å². The fourth-order valence-corrected chi connectivity index (χ4v) is 3.99. The van der Waals surface area contributed by atoms with Crippen molar-refractivity contribution in [2.75, 3.05) is 13.6 Å². The quantitative estimate of drug-likeness (QED) is 0.436. The molecule has 0 spiro atoms. The summed E-state index contributed by atoms with van der Waals surface area (Å²) in [5.74, 6) is 1.61. The molecule has 30 heavy (non-hydrogen) atoms. The zero-order chi connectivity index (χ0) is 20.8. The van der Waals surface area contributed by atoms with Gasteiger partial charge in [-0.2, -0.15) is 5.10 Å². The van der Waals surface area contributed by atoms with Gasteiger partial charge in [0, 0.05) is 44.3 Å². The number of nitrogens with zero attached hydrogens (tertiary/aromatic N) is 4. The van der Waals surface area contributed by atoms with Crippen LogP contribution in [0.3, 0.4) is 0 Å². The molecule has 1 fully saturated rings. The van der Waals surface area contributed by atoms with Crippen LogP contribution in [0, 0.1) is 0 Å². The van der Waals surface area contributed by atoms with Gasteiger partial charge in [0.05, 0.1) is 0 Å². The van der Waals surface area contributed by atoms with Gasteiger partial charge in [0.1, 0.15) is 6.33 Å². The molecular weight excluding hydrogens is 374 g/mol. The van der Waals surface area contributed by atoms with Crippen LogP contribution in [-0.2, 0) is 13.1 Å². The molecule has 2 atom stereocenters. The van der Waals surface area contributed by atoms with E-state index in [1.54, 1.807) is 0 Å². The smallest absolute Gasteiger partial charge is 0.191 e. The van der Waals surface area contributed by atoms with Gasteiger partial charge < -0.3 is 10.6 Å². The second-order valence-corrected chi connectivity index (χ2v) is 7.80. The molecule has 3 aromatic rings. The number of aliphatic imine (C=N–C) groups is 1. The predicted octanol–water partition coefficient (Wildman–Crippen LogP) is 2.80. The molecular formula is C23H29N7. The Hall–Kier alpha value is -3.19. The van der Waals surface area contributed by atoms with Gasteiger partial charge in [0.25, 0.3) is 0 Å². The maximum absolute atomic E-state index is 4.42. The lowest BCUT2D eigenvalue weighted by Gasteiger charge is -2.21. The lowest BCUT2D eigenvalue weighted by molar-refractivity contribution is 0.258. The first-order valence-corrected chi connectivity index (χ1v) is 10.4. The molecule has 4 rings (SSSR count). The SMILES string of the molecule is CN=C(NCc1cccc(-c2ncn[nH]2)c1)NC1CC(C)N(Cc2ccccc2)C1. The van der Waals surface area contributed by atoms with Crippen molar-refractivity contribution < 1.29 is 0 Å². The second kappa shape index (κ2) is 9.54. The van der Waals surface area contributed by atoms with Crippen LogP contribution in [0.1, 0.15) is 24.5 Å². The first-order chi connectivity index (χ1) is 14.7. The average Bonchev–Trinajstić information content (AvgIpc) is 3.42. The van der Waals surface area contributed by atoms with Crippen LogP contribution in [0.4, 0.5) is 0 Å². The Morgan fingerprint density at radius 2 is 2.00 bits per heavy atom. The lowest BCUT2D eigenvalue weighted by atomic mass is 10.1. The minimum atomic E-state index is 0.385. The summed E-state index contributed by atoms with van der Waals surface area (Å²) in [5, 5.41) is 13.9. The van der Waals surface area contributed by atoms with Gasteiger partial charge in [0.15, 0.2) is 11.8 Å². The molecule has 7 nitrogen and oxygen atoms in total. The van der Waals surface area contributed by atoms with Gasteiger partial charge in [-0.15, -0.1) is 0 Å². The van der Waals surface area contributed by atoms with Gasteiger partial charge in [-0.3, -0.25) is 15.0 Å². The molecule has 2 aromatic carbocycles. The van der Waals surface area contributed by atoms with Crippen LogP contribution >= 0.6 is 0 Å². The normalized spacial score (nSPS) is 19.7. The number of hydrogen-bond donors (Lipinski definition) is 3. The summed E-state index contributed by atoms with van der Waals surface area (Å²) in [4.78, 5) is 11.2. The fourth-order valence-electron chi connectivity index (χ4n) is 3.99. The molecule has 1 aromatic heterocycles. The zero-order valence-corrected chi connectivity index (χ0v) is 17.5. The van der Waals surface area contributed by atoms with Crippen LogP contribution in [0.15, 0.2) is 65.9 Å². The Labute approximate surface area is 177 Å². The molecule has 156 valence electrons. The van der Waals surface area contributed by atoms with E-state index >= 15 is 0 Å². The van der Waals surface area contributed by atoms with E-state index in [4.69, 9.17) is 0 Å². The first kappa shape index (κ1) is 20.1. The fraction of sp³-hybridized carbons (Fsp3) is 0.348. The summed E-state index contributed by atoms with van der Waals surface area (Å²) >= 11 is 0. The van der Waals surface area contributed by atoms with E-state index in [1.165, 1.54) is 11.9 Å². The van der Waals surface area contributed by atoms with Crippen molar-refractivity contribution in [3.63, 3.8) is 0 Å². The standard InChI is InChI=1S/C23H29N7/c1-17-11-21(15-30(17)14-18-7-4-3-5-8-18)28-23(24-2)25-13-19-9-6-10-20(12-19)22-26-16-27-29-22/h3-10,12,16-17,21H,11,13-15H2,1-2H3,(H2,24,25,28)(H,26,27,29). The minimum absolute atomic E-state index is 0.385. The molecule has 0 aliphatic carbocycles. The summed E-state index contributed by atoms with van der Waals surface area (Å²) in [7, 11) is 1.82. The van der Waals surface area contributed by atoms with Crippen LogP contribution < -0.4 is 10.6 Å². The number of aromatic amines is 1. The van der Waals surface area contributed by atoms with Crippen molar-refractivity contribution >= 4 is 5.96 Å². The maximum atomic E-state index is 4.42. The Morgan fingerprint density at radius 3 is 2.77 bits per heavy atom. The minimum Gasteiger partial charge on any atom is -0.352 e. The van der Waals surface area contributed by atoms with Crippen LogP contribution in [0.2, 0.25) is 0 Å². The molecule has 0 radical (unpaired) electrons. The van der Waals surface area contributed by atoms with Crippen molar-refractivity contribution in [1.82, 2.24) is 30.7 Å². The third-order valence-electron chi connectivity index (χ3n) is 5.57. The molecule has 0 bridgehead atoms. The topological polar surface area (TPSA) is 81.2 Å². The highest BCUT2D eigenvalue weighted by Crippen LogP contribution is 2.20. The molecule has 1 saturated heterocycles. The second-order valence-electron chi connectivity index (χ2n) is 7.80. The van der Waals surface area contributed by atoms with E-state index in [9.17, 15) is 0 Å². The van der Waals surface area contributed by atoms with Crippen molar-refractivity contribution in [1.29, 1.82) is 0 Å². The van der Waals surface area contributed by atoms with Gasteiger partial charge in [-0.25, -0.2) is 4.98 Å². The monoisotopic (exact) mass is 403 g/mol. The van der Waals surface area contributed by atoms with Crippen molar-refractivity contribution in [3.8, 4) is 11.4 Å². The van der Waals surface area contributed by atoms with Crippen LogP contribution in [0.25, 0.3) is 11.4 Å². The number of nitrogens with one attached hydrogen (secondary N) is 3. The van der Waals surface area contributed by atoms with E-state index in [-0.39, 0.29) is 0 Å². The van der Waals surface area contributed by atoms with Gasteiger partial charge in [-0.1, -0.05) is 48.5 Å². The molecule has 3 N–H and O–H groups in total. The van der Waals surface area contributed by atoms with Crippen molar-refractivity contribution in [2.45, 2.75) is 38.5 Å². The summed E-state index contributed by atoms with van der Waals surface area (Å²) < 4.78 is 0. The average molecular weight is 404 g/mol. The lowest BCUT2D eigenvalue weighted by Crippen LogP contribution is -2.44. The van der Waals surface area contributed by atoms with Crippen molar-refractivity contribution in [2.24, 2.45) is 4.99 Å². The molecule has 0 amide bonds. The summed E-state index contributed by atoms with van der Waals surface area (Å²) in [6, 6.07) is 19.9. The van der Waals surface area contributed by atoms with E-state index in [2.05, 4.69) is 85.1 Å². The summed E-state index contributed by atoms with van der Waals surface area (Å²) in [6.45, 7) is 4.99. The van der Waals surface area contributed by atoms with E-state index < -0.39 is 0 Å². The highest BCUT2D eigenvalue weighted by Gasteiger charge is 2.29. The number of rotatable bonds is 6. The third kappa shape index (κ3) is 5.04. The molecule has 2 heterocycles. The number of guanidine groups is 1. The maximum Gasteiger partial charge on any atom is 0.191 e. The number of benzene rings is 2. The number of aromatic nitrogens is 3. The molecule has 0 saturated carbocycles. The van der Waals surface area contributed by atoms with Crippen LogP contribution in [0.5, 0.6) is 0 Å². The van der Waals surface area contributed by atoms with Crippen LogP contribution in [-0.4, -0.2) is 51.7 Å². The van der Waals surface area contributed by atoms with Gasteiger partial charge in [0.2, 0.25) is 0 Å². The molecule has 7 heteroatoms. The highest BCUT2D eigenvalue weighted by molar-refractivity contribution is 5.80. The Bertz CT molecular complexity index is 953. The number of likely N-dealkylation sites (tertiary alicyclic amines) is 1. The Kier molecular flexibility index (Phi) is 6.39. The highest BCUT2D eigenvalue weighted by atomic mass is 15.3. The zero-order valence-electron chi connectivity index (χ0n) is 17.5. The molecule has 1 aliphatic heterocycles. The number of hydrogen-bond acceptors (Lipinski definition) is 4. The Morgan fingerprint density at radius 1 is 1.17 bits per heavy atom. The molecule has 1 aliphatic rings. The summed E-state index contributed by atoms with van der Waals surface area (Å²) in [5.41, 5.74) is 3.55. The van der Waals surface area contributed by atoms with E-state index in [1.807, 2.05) is 19.2 Å². The Balaban J connectivity index is 1.31. The van der Waals surface area contributed by atoms with Crippen molar-refractivity contribution in [3.05, 3.63) is 72.1 Å². The first-order valence-electron chi connectivity index (χ1n) is 10.4. The summed E-state index contributed by atoms with van der Waals surface area (Å²) in [6.07, 6.45) is 2.63. The van der Waals surface area contributed by atoms with E-state index in [0.29, 0.717) is 18.6 Å². The van der Waals surface area contributed by atoms with Gasteiger partial charge >= 0.3 is 0 Å². The largest absolute Gasteiger partial charge is 0.352 e. The molecule has 2 unspecified atom stereocenters. The predicted molar refractivity (Wildman–Crippen MR) is 120 cm³/mol. The third-order valence-corrected chi connectivity index (χ3v) is 5.57. The number of H-pyrrole nitrogens is 1.